The summed E-state index contributed by atoms with van der Waals surface area (Å²) in [7, 11) is 0. The van der Waals surface area contributed by atoms with E-state index in [1.165, 1.54) is 18.2 Å². The van der Waals surface area contributed by atoms with Gasteiger partial charge in [0.25, 0.3) is 11.6 Å². The normalized spacial score (nSPS) is 9.82. The number of anilines is 1. The minimum Gasteiger partial charge on any atom is -0.487 e. The molecule has 0 fully saturated rings. The van der Waals surface area contributed by atoms with Crippen molar-refractivity contribution in [2.75, 3.05) is 11.9 Å². The topological polar surface area (TPSA) is 81.5 Å². The maximum atomic E-state index is 12.3. The molecule has 0 saturated carbocycles. The van der Waals surface area contributed by atoms with Gasteiger partial charge in [0.05, 0.1) is 10.6 Å². The Morgan fingerprint density at radius 1 is 1.23 bits per heavy atom. The molecule has 0 aliphatic rings. The Balaban J connectivity index is 2.26. The molecule has 0 aliphatic carbocycles. The van der Waals surface area contributed by atoms with Crippen molar-refractivity contribution >= 4 is 17.3 Å². The number of carbonyl (C=O) groups excluding carboxylic acids is 1. The van der Waals surface area contributed by atoms with Gasteiger partial charge in [0.2, 0.25) is 0 Å². The van der Waals surface area contributed by atoms with Gasteiger partial charge in [0, 0.05) is 6.07 Å². The molecule has 0 unspecified atom stereocenters. The summed E-state index contributed by atoms with van der Waals surface area (Å²) in [5.41, 5.74) is 0.183. The maximum absolute atomic E-state index is 12.3. The van der Waals surface area contributed by atoms with E-state index in [-0.39, 0.29) is 11.3 Å². The number of para-hydroxylation sites is 3. The summed E-state index contributed by atoms with van der Waals surface area (Å²) in [4.78, 5) is 22.7. The third-order valence-corrected chi connectivity index (χ3v) is 2.84. The number of nitro groups is 1. The molecule has 2 aromatic carbocycles. The molecule has 0 radical (unpaired) electrons. The number of ether oxygens (including phenoxy) is 1. The lowest BCUT2D eigenvalue weighted by atomic mass is 10.1. The Hall–Kier alpha value is -3.15. The third-order valence-electron chi connectivity index (χ3n) is 2.84. The van der Waals surface area contributed by atoms with Gasteiger partial charge in [-0.3, -0.25) is 14.9 Å². The first-order valence-electron chi connectivity index (χ1n) is 6.51. The van der Waals surface area contributed by atoms with Gasteiger partial charge in [-0.1, -0.05) is 36.9 Å². The standard InChI is InChI=1S/C16H14N2O4/c1-2-11-22-15-10-6-4-8-13(15)17-16(19)12-7-3-5-9-14(12)18(20)21/h2-10H,1,11H2,(H,17,19). The van der Waals surface area contributed by atoms with Gasteiger partial charge >= 0.3 is 0 Å². The second-order valence-corrected chi connectivity index (χ2v) is 4.32. The van der Waals surface area contributed by atoms with Crippen molar-refractivity contribution in [2.45, 2.75) is 0 Å². The largest absolute Gasteiger partial charge is 0.487 e. The summed E-state index contributed by atoms with van der Waals surface area (Å²) in [5, 5.41) is 13.6. The van der Waals surface area contributed by atoms with E-state index >= 15 is 0 Å². The number of nitro benzene ring substituents is 1. The summed E-state index contributed by atoms with van der Waals surface area (Å²) >= 11 is 0. The van der Waals surface area contributed by atoms with Crippen molar-refractivity contribution in [3.63, 3.8) is 0 Å². The number of benzene rings is 2. The molecule has 6 heteroatoms. The summed E-state index contributed by atoms with van der Waals surface area (Å²) < 4.78 is 5.43. The lowest BCUT2D eigenvalue weighted by molar-refractivity contribution is -0.385. The lowest BCUT2D eigenvalue weighted by Gasteiger charge is -2.11. The molecule has 1 amide bonds. The van der Waals surface area contributed by atoms with Crippen LogP contribution in [-0.4, -0.2) is 17.4 Å². The van der Waals surface area contributed by atoms with Crippen LogP contribution in [0.1, 0.15) is 10.4 Å². The lowest BCUT2D eigenvalue weighted by Crippen LogP contribution is -2.14. The number of amides is 1. The number of hydrogen-bond acceptors (Lipinski definition) is 4. The van der Waals surface area contributed by atoms with Crippen LogP contribution < -0.4 is 10.1 Å². The first-order chi connectivity index (χ1) is 10.6. The van der Waals surface area contributed by atoms with Gasteiger partial charge in [-0.2, -0.15) is 0 Å². The first-order valence-corrected chi connectivity index (χ1v) is 6.51. The molecule has 0 aromatic heterocycles. The molecular weight excluding hydrogens is 284 g/mol. The minimum absolute atomic E-state index is 0.00831. The van der Waals surface area contributed by atoms with Gasteiger partial charge < -0.3 is 10.1 Å². The Bertz CT molecular complexity index is 713. The van der Waals surface area contributed by atoms with Crippen molar-refractivity contribution in [3.05, 3.63) is 76.9 Å². The van der Waals surface area contributed by atoms with Gasteiger partial charge in [0.1, 0.15) is 17.9 Å². The highest BCUT2D eigenvalue weighted by Crippen LogP contribution is 2.26. The highest BCUT2D eigenvalue weighted by molar-refractivity contribution is 6.07. The van der Waals surface area contributed by atoms with E-state index in [9.17, 15) is 14.9 Å². The van der Waals surface area contributed by atoms with Gasteiger partial charge in [0.15, 0.2) is 0 Å². The van der Waals surface area contributed by atoms with Crippen LogP contribution in [0.25, 0.3) is 0 Å². The zero-order valence-electron chi connectivity index (χ0n) is 11.7. The summed E-state index contributed by atoms with van der Waals surface area (Å²) in [5.74, 6) is -0.101. The Labute approximate surface area is 127 Å². The number of carbonyl (C=O) groups is 1. The number of nitrogens with zero attached hydrogens (tertiary/aromatic N) is 1. The SMILES string of the molecule is C=CCOc1ccccc1NC(=O)c1ccccc1[N+](=O)[O-]. The Kier molecular flexibility index (Phi) is 4.87. The molecule has 6 nitrogen and oxygen atoms in total. The van der Waals surface area contributed by atoms with E-state index < -0.39 is 10.8 Å². The molecule has 0 bridgehead atoms. The fourth-order valence-electron chi connectivity index (χ4n) is 1.86. The minimum atomic E-state index is -0.588. The summed E-state index contributed by atoms with van der Waals surface area (Å²) in [6.45, 7) is 3.85. The van der Waals surface area contributed by atoms with Crippen LogP contribution in [0.4, 0.5) is 11.4 Å². The highest BCUT2D eigenvalue weighted by Gasteiger charge is 2.20. The first kappa shape index (κ1) is 15.2. The molecule has 2 rings (SSSR count). The highest BCUT2D eigenvalue weighted by atomic mass is 16.6. The van der Waals surface area contributed by atoms with Crippen molar-refractivity contribution < 1.29 is 14.5 Å². The Morgan fingerprint density at radius 2 is 1.91 bits per heavy atom. The van der Waals surface area contributed by atoms with Crippen LogP contribution in [0, 0.1) is 10.1 Å². The average Bonchev–Trinajstić information content (AvgIpc) is 2.54. The van der Waals surface area contributed by atoms with E-state index in [0.29, 0.717) is 18.0 Å². The molecule has 2 aromatic rings. The molecule has 0 aliphatic heterocycles. The molecule has 0 saturated heterocycles. The third kappa shape index (κ3) is 3.49. The van der Waals surface area contributed by atoms with E-state index in [2.05, 4.69) is 11.9 Å². The van der Waals surface area contributed by atoms with E-state index in [4.69, 9.17) is 4.74 Å². The van der Waals surface area contributed by atoms with E-state index in [1.807, 2.05) is 0 Å². The molecule has 0 atom stereocenters. The fraction of sp³-hybridized carbons (Fsp3) is 0.0625. The quantitative estimate of drug-likeness (QED) is 0.503. The second kappa shape index (κ2) is 7.03. The van der Waals surface area contributed by atoms with Crippen molar-refractivity contribution in [3.8, 4) is 5.75 Å². The molecule has 0 heterocycles. The molecule has 112 valence electrons. The van der Waals surface area contributed by atoms with Crippen LogP contribution >= 0.6 is 0 Å². The monoisotopic (exact) mass is 298 g/mol. The van der Waals surface area contributed by atoms with Gasteiger partial charge in [-0.15, -0.1) is 0 Å². The second-order valence-electron chi connectivity index (χ2n) is 4.32. The number of nitrogens with one attached hydrogen (secondary N) is 1. The predicted octanol–water partition coefficient (Wildman–Crippen LogP) is 3.41. The zero-order chi connectivity index (χ0) is 15.9. The van der Waals surface area contributed by atoms with Gasteiger partial charge in [-0.25, -0.2) is 0 Å². The van der Waals surface area contributed by atoms with Crippen LogP contribution in [-0.2, 0) is 0 Å². The average molecular weight is 298 g/mol. The van der Waals surface area contributed by atoms with E-state index in [0.717, 1.165) is 0 Å². The van der Waals surface area contributed by atoms with Gasteiger partial charge in [-0.05, 0) is 18.2 Å². The maximum Gasteiger partial charge on any atom is 0.282 e. The van der Waals surface area contributed by atoms with Crippen molar-refractivity contribution in [1.29, 1.82) is 0 Å². The number of hydrogen-bond donors (Lipinski definition) is 1. The molecule has 0 spiro atoms. The Morgan fingerprint density at radius 3 is 2.64 bits per heavy atom. The van der Waals surface area contributed by atoms with Crippen LogP contribution in [0.5, 0.6) is 5.75 Å². The molecular formula is C16H14N2O4. The smallest absolute Gasteiger partial charge is 0.282 e. The van der Waals surface area contributed by atoms with Crippen LogP contribution in [0.3, 0.4) is 0 Å². The zero-order valence-corrected chi connectivity index (χ0v) is 11.7. The van der Waals surface area contributed by atoms with Crippen molar-refractivity contribution in [1.82, 2.24) is 0 Å². The van der Waals surface area contributed by atoms with Crippen LogP contribution in [0.2, 0.25) is 0 Å². The van der Waals surface area contributed by atoms with Crippen LogP contribution in [0.15, 0.2) is 61.2 Å². The predicted molar refractivity (Wildman–Crippen MR) is 83.2 cm³/mol. The summed E-state index contributed by atoms with van der Waals surface area (Å²) in [6, 6.07) is 12.6. The summed E-state index contributed by atoms with van der Waals surface area (Å²) in [6.07, 6.45) is 1.58. The number of rotatable bonds is 6. The molecule has 1 N–H and O–H groups in total. The molecule has 22 heavy (non-hydrogen) atoms. The van der Waals surface area contributed by atoms with Crippen molar-refractivity contribution in [2.24, 2.45) is 0 Å². The van der Waals surface area contributed by atoms with E-state index in [1.54, 1.807) is 36.4 Å². The fourth-order valence-corrected chi connectivity index (χ4v) is 1.86.